The Hall–Kier alpha value is -0.870. The molecule has 0 atom stereocenters. The molecule has 0 unspecified atom stereocenters. The van der Waals surface area contributed by atoms with Gasteiger partial charge in [-0.3, -0.25) is 0 Å². The highest BCUT2D eigenvalue weighted by Gasteiger charge is 2.06. The van der Waals surface area contributed by atoms with Crippen molar-refractivity contribution in [2.75, 3.05) is 13.2 Å². The molecular formula is C10H11ClO3S. The van der Waals surface area contributed by atoms with Gasteiger partial charge in [0.25, 0.3) is 0 Å². The first kappa shape index (κ1) is 12.2. The summed E-state index contributed by atoms with van der Waals surface area (Å²) in [7, 11) is 0. The fourth-order valence-electron chi connectivity index (χ4n) is 0.946. The highest BCUT2D eigenvalue weighted by Crippen LogP contribution is 2.26. The summed E-state index contributed by atoms with van der Waals surface area (Å²) >= 11 is 9.98. The predicted octanol–water partition coefficient (Wildman–Crippen LogP) is 2.57. The van der Waals surface area contributed by atoms with Crippen LogP contribution in [-0.2, 0) is 9.53 Å². The van der Waals surface area contributed by atoms with E-state index in [4.69, 9.17) is 21.1 Å². The molecule has 1 rings (SSSR count). The normalized spacial score (nSPS) is 9.80. The second-order valence-electron chi connectivity index (χ2n) is 2.71. The monoisotopic (exact) mass is 246 g/mol. The molecule has 0 fully saturated rings. The topological polar surface area (TPSA) is 35.5 Å². The SMILES string of the molecule is CCOC(=O)COc1ccc(S)cc1Cl. The Morgan fingerprint density at radius 1 is 1.53 bits per heavy atom. The van der Waals surface area contributed by atoms with Crippen LogP contribution in [0.15, 0.2) is 23.1 Å². The molecule has 0 aliphatic heterocycles. The van der Waals surface area contributed by atoms with Gasteiger partial charge in [-0.1, -0.05) is 11.6 Å². The van der Waals surface area contributed by atoms with Gasteiger partial charge in [-0.2, -0.15) is 0 Å². The molecule has 0 aliphatic carbocycles. The summed E-state index contributed by atoms with van der Waals surface area (Å²) in [4.78, 5) is 11.7. The molecule has 0 aliphatic rings. The van der Waals surface area contributed by atoms with E-state index in [1.54, 1.807) is 25.1 Å². The van der Waals surface area contributed by atoms with Crippen LogP contribution in [0.25, 0.3) is 0 Å². The summed E-state index contributed by atoms with van der Waals surface area (Å²) in [5.74, 6) is 0.0334. The smallest absolute Gasteiger partial charge is 0.344 e. The van der Waals surface area contributed by atoms with Gasteiger partial charge in [-0.05, 0) is 25.1 Å². The molecule has 15 heavy (non-hydrogen) atoms. The molecule has 0 saturated carbocycles. The minimum absolute atomic E-state index is 0.139. The van der Waals surface area contributed by atoms with E-state index in [0.717, 1.165) is 4.90 Å². The minimum atomic E-state index is -0.413. The van der Waals surface area contributed by atoms with Crippen molar-refractivity contribution in [2.45, 2.75) is 11.8 Å². The molecular weight excluding hydrogens is 236 g/mol. The molecule has 3 nitrogen and oxygen atoms in total. The third-order valence-electron chi connectivity index (χ3n) is 1.57. The number of hydrogen-bond acceptors (Lipinski definition) is 4. The first-order chi connectivity index (χ1) is 7.13. The van der Waals surface area contributed by atoms with E-state index >= 15 is 0 Å². The van der Waals surface area contributed by atoms with E-state index in [2.05, 4.69) is 12.6 Å². The van der Waals surface area contributed by atoms with Crippen molar-refractivity contribution in [1.29, 1.82) is 0 Å². The quantitative estimate of drug-likeness (QED) is 0.655. The molecule has 0 radical (unpaired) electrons. The van der Waals surface area contributed by atoms with Gasteiger partial charge in [0.1, 0.15) is 5.75 Å². The average molecular weight is 247 g/mol. The van der Waals surface area contributed by atoms with Crippen molar-refractivity contribution in [3.63, 3.8) is 0 Å². The lowest BCUT2D eigenvalue weighted by Gasteiger charge is -2.07. The molecule has 82 valence electrons. The number of benzene rings is 1. The number of carbonyl (C=O) groups is 1. The third-order valence-corrected chi connectivity index (χ3v) is 2.14. The zero-order valence-corrected chi connectivity index (χ0v) is 9.85. The maximum absolute atomic E-state index is 11.0. The fourth-order valence-corrected chi connectivity index (χ4v) is 1.46. The van der Waals surface area contributed by atoms with E-state index in [0.29, 0.717) is 17.4 Å². The van der Waals surface area contributed by atoms with Crippen molar-refractivity contribution in [1.82, 2.24) is 0 Å². The third kappa shape index (κ3) is 4.01. The van der Waals surface area contributed by atoms with Crippen LogP contribution in [0.5, 0.6) is 5.75 Å². The Kier molecular flexibility index (Phi) is 4.78. The van der Waals surface area contributed by atoms with Crippen molar-refractivity contribution in [3.05, 3.63) is 23.2 Å². The number of esters is 1. The van der Waals surface area contributed by atoms with Crippen LogP contribution in [0.2, 0.25) is 5.02 Å². The summed E-state index contributed by atoms with van der Waals surface area (Å²) in [6.45, 7) is 1.94. The van der Waals surface area contributed by atoms with Crippen LogP contribution in [-0.4, -0.2) is 19.2 Å². The summed E-state index contributed by atoms with van der Waals surface area (Å²) < 4.78 is 9.87. The molecule has 5 heteroatoms. The van der Waals surface area contributed by atoms with Gasteiger partial charge >= 0.3 is 5.97 Å². The van der Waals surface area contributed by atoms with Crippen LogP contribution >= 0.6 is 24.2 Å². The van der Waals surface area contributed by atoms with Crippen LogP contribution in [0.1, 0.15) is 6.92 Å². The zero-order valence-electron chi connectivity index (χ0n) is 8.20. The van der Waals surface area contributed by atoms with E-state index < -0.39 is 5.97 Å². The lowest BCUT2D eigenvalue weighted by atomic mass is 10.3. The number of ether oxygens (including phenoxy) is 2. The number of rotatable bonds is 4. The molecule has 0 amide bonds. The van der Waals surface area contributed by atoms with Crippen molar-refractivity contribution >= 4 is 30.2 Å². The molecule has 0 heterocycles. The minimum Gasteiger partial charge on any atom is -0.480 e. The molecule has 1 aromatic carbocycles. The van der Waals surface area contributed by atoms with Crippen molar-refractivity contribution in [2.24, 2.45) is 0 Å². The largest absolute Gasteiger partial charge is 0.480 e. The van der Waals surface area contributed by atoms with Crippen LogP contribution in [0, 0.1) is 0 Å². The molecule has 0 spiro atoms. The van der Waals surface area contributed by atoms with E-state index in [9.17, 15) is 4.79 Å². The van der Waals surface area contributed by atoms with Gasteiger partial charge in [-0.15, -0.1) is 12.6 Å². The fraction of sp³-hybridized carbons (Fsp3) is 0.300. The van der Waals surface area contributed by atoms with Crippen molar-refractivity contribution in [3.8, 4) is 5.75 Å². The average Bonchev–Trinajstić information content (AvgIpc) is 2.17. The van der Waals surface area contributed by atoms with Gasteiger partial charge in [0.2, 0.25) is 0 Å². The van der Waals surface area contributed by atoms with Gasteiger partial charge in [0.15, 0.2) is 6.61 Å². The Bertz CT molecular complexity index is 355. The van der Waals surface area contributed by atoms with Gasteiger partial charge in [0.05, 0.1) is 11.6 Å². The molecule has 0 N–H and O–H groups in total. The van der Waals surface area contributed by atoms with Crippen LogP contribution < -0.4 is 4.74 Å². The van der Waals surface area contributed by atoms with E-state index in [1.807, 2.05) is 0 Å². The Morgan fingerprint density at radius 2 is 2.27 bits per heavy atom. The maximum atomic E-state index is 11.0. The first-order valence-corrected chi connectivity index (χ1v) is 5.23. The number of carbonyl (C=O) groups excluding carboxylic acids is 1. The molecule has 1 aromatic rings. The molecule has 0 aromatic heterocycles. The molecule has 0 bridgehead atoms. The Balaban J connectivity index is 2.54. The van der Waals surface area contributed by atoms with Crippen LogP contribution in [0.3, 0.4) is 0 Å². The van der Waals surface area contributed by atoms with Gasteiger partial charge < -0.3 is 9.47 Å². The number of hydrogen-bond donors (Lipinski definition) is 1. The number of thiol groups is 1. The summed E-state index contributed by atoms with van der Waals surface area (Å²) in [6.07, 6.45) is 0. The standard InChI is InChI=1S/C10H11ClO3S/c1-2-13-10(12)6-14-9-4-3-7(15)5-8(9)11/h3-5,15H,2,6H2,1H3. The Labute approximate surface area is 98.7 Å². The first-order valence-electron chi connectivity index (χ1n) is 4.40. The Morgan fingerprint density at radius 3 is 2.87 bits per heavy atom. The maximum Gasteiger partial charge on any atom is 0.344 e. The van der Waals surface area contributed by atoms with Gasteiger partial charge in [0, 0.05) is 4.90 Å². The number of halogens is 1. The zero-order chi connectivity index (χ0) is 11.3. The van der Waals surface area contributed by atoms with E-state index in [-0.39, 0.29) is 6.61 Å². The summed E-state index contributed by atoms with van der Waals surface area (Å²) in [5.41, 5.74) is 0. The predicted molar refractivity (Wildman–Crippen MR) is 60.8 cm³/mol. The van der Waals surface area contributed by atoms with Gasteiger partial charge in [-0.25, -0.2) is 4.79 Å². The van der Waals surface area contributed by atoms with Crippen molar-refractivity contribution < 1.29 is 14.3 Å². The second-order valence-corrected chi connectivity index (χ2v) is 3.63. The molecule has 0 saturated heterocycles. The summed E-state index contributed by atoms with van der Waals surface area (Å²) in [5, 5.41) is 0.423. The lowest BCUT2D eigenvalue weighted by Crippen LogP contribution is -2.14. The highest BCUT2D eigenvalue weighted by atomic mass is 35.5. The van der Waals surface area contributed by atoms with Crippen LogP contribution in [0.4, 0.5) is 0 Å². The summed E-state index contributed by atoms with van der Waals surface area (Å²) in [6, 6.07) is 5.03. The second kappa shape index (κ2) is 5.88. The van der Waals surface area contributed by atoms with E-state index in [1.165, 1.54) is 0 Å². The lowest BCUT2D eigenvalue weighted by molar-refractivity contribution is -0.145. The highest BCUT2D eigenvalue weighted by molar-refractivity contribution is 7.80.